The van der Waals surface area contributed by atoms with Crippen LogP contribution in [0.1, 0.15) is 43.0 Å². The van der Waals surface area contributed by atoms with Crippen molar-refractivity contribution in [3.8, 4) is 0 Å². The zero-order chi connectivity index (χ0) is 19.6. The molecule has 0 N–H and O–H groups in total. The van der Waals surface area contributed by atoms with Crippen molar-refractivity contribution >= 4 is 29.0 Å². The van der Waals surface area contributed by atoms with Crippen LogP contribution in [0.3, 0.4) is 0 Å². The largest absolute Gasteiger partial charge is 0.454 e. The first kappa shape index (κ1) is 19.6. The van der Waals surface area contributed by atoms with E-state index < -0.39 is 17.5 Å². The molecule has 0 saturated heterocycles. The summed E-state index contributed by atoms with van der Waals surface area (Å²) >= 11 is 5.90. The number of rotatable bonds is 5. The molecule has 0 atom stereocenters. The van der Waals surface area contributed by atoms with Crippen molar-refractivity contribution in [2.45, 2.75) is 27.7 Å². The van der Waals surface area contributed by atoms with Gasteiger partial charge in [0.2, 0.25) is 5.78 Å². The number of halogens is 1. The van der Waals surface area contributed by atoms with Gasteiger partial charge < -0.3 is 4.74 Å². The Bertz CT molecular complexity index is 921. The van der Waals surface area contributed by atoms with Crippen molar-refractivity contribution < 1.29 is 19.2 Å². The summed E-state index contributed by atoms with van der Waals surface area (Å²) in [6.07, 6.45) is 0. The van der Waals surface area contributed by atoms with E-state index in [0.29, 0.717) is 5.56 Å². The van der Waals surface area contributed by atoms with E-state index in [1.807, 2.05) is 27.7 Å². The van der Waals surface area contributed by atoms with Gasteiger partial charge in [0.05, 0.1) is 15.5 Å². The maximum absolute atomic E-state index is 12.5. The van der Waals surface area contributed by atoms with E-state index >= 15 is 0 Å². The Labute approximate surface area is 155 Å². The lowest BCUT2D eigenvalue weighted by Gasteiger charge is -2.13. The first-order valence-electron chi connectivity index (χ1n) is 7.85. The van der Waals surface area contributed by atoms with Crippen LogP contribution in [-0.2, 0) is 4.74 Å². The zero-order valence-electron chi connectivity index (χ0n) is 14.9. The number of benzene rings is 2. The quantitative estimate of drug-likeness (QED) is 0.332. The lowest BCUT2D eigenvalue weighted by Crippen LogP contribution is -2.16. The molecular formula is C19H18ClNO5. The summed E-state index contributed by atoms with van der Waals surface area (Å²) in [7, 11) is 0. The molecule has 0 saturated carbocycles. The lowest BCUT2D eigenvalue weighted by molar-refractivity contribution is -0.384. The van der Waals surface area contributed by atoms with E-state index in [0.717, 1.165) is 28.3 Å². The number of Topliss-reactive ketones (excluding diaryl/α,β-unsaturated/α-hetero) is 1. The summed E-state index contributed by atoms with van der Waals surface area (Å²) in [5, 5.41) is 10.8. The number of ether oxygens (including phenoxy) is 1. The van der Waals surface area contributed by atoms with Crippen molar-refractivity contribution in [1.29, 1.82) is 0 Å². The van der Waals surface area contributed by atoms with Crippen LogP contribution in [0.4, 0.5) is 5.69 Å². The number of carbonyl (C=O) groups is 2. The summed E-state index contributed by atoms with van der Waals surface area (Å²) in [5.74, 6) is -1.23. The number of aryl methyl sites for hydroxylation is 1. The van der Waals surface area contributed by atoms with Gasteiger partial charge >= 0.3 is 5.97 Å². The Morgan fingerprint density at radius 1 is 1.04 bits per heavy atom. The fourth-order valence-corrected chi connectivity index (χ4v) is 2.77. The van der Waals surface area contributed by atoms with Crippen LogP contribution in [0, 0.1) is 37.8 Å². The van der Waals surface area contributed by atoms with E-state index in [1.54, 1.807) is 6.07 Å². The number of non-ortho nitro benzene ring substituents is 1. The molecule has 0 amide bonds. The predicted octanol–water partition coefficient (Wildman–Crippen LogP) is 4.52. The highest BCUT2D eigenvalue weighted by molar-refractivity contribution is 6.33. The molecule has 0 aliphatic carbocycles. The maximum atomic E-state index is 12.5. The minimum Gasteiger partial charge on any atom is -0.454 e. The third-order valence-corrected chi connectivity index (χ3v) is 4.83. The van der Waals surface area contributed by atoms with Crippen molar-refractivity contribution in [1.82, 2.24) is 0 Å². The van der Waals surface area contributed by atoms with E-state index in [2.05, 4.69) is 0 Å². The molecule has 0 spiro atoms. The molecule has 2 aromatic rings. The second kappa shape index (κ2) is 7.66. The minimum atomic E-state index is -0.884. The molecule has 2 rings (SSSR count). The summed E-state index contributed by atoms with van der Waals surface area (Å²) in [6.45, 7) is 7.20. The van der Waals surface area contributed by atoms with Crippen LogP contribution in [-0.4, -0.2) is 23.3 Å². The number of nitro groups is 1. The first-order valence-corrected chi connectivity index (χ1v) is 8.23. The first-order chi connectivity index (χ1) is 12.1. The van der Waals surface area contributed by atoms with E-state index in [-0.39, 0.29) is 22.1 Å². The SMILES string of the molecule is Cc1cc(C(=O)COC(=O)c2cc([N+](=O)[O-])ccc2Cl)c(C)c(C)c1C. The monoisotopic (exact) mass is 375 g/mol. The summed E-state index contributed by atoms with van der Waals surface area (Å²) in [5.41, 5.74) is 3.99. The molecule has 0 aliphatic heterocycles. The van der Waals surface area contributed by atoms with Gasteiger partial charge in [-0.25, -0.2) is 4.79 Å². The molecule has 136 valence electrons. The van der Waals surface area contributed by atoms with E-state index in [4.69, 9.17) is 16.3 Å². The van der Waals surface area contributed by atoms with Crippen LogP contribution in [0.5, 0.6) is 0 Å². The Kier molecular flexibility index (Phi) is 5.77. The maximum Gasteiger partial charge on any atom is 0.340 e. The predicted molar refractivity (Wildman–Crippen MR) is 98.1 cm³/mol. The molecule has 0 unspecified atom stereocenters. The Morgan fingerprint density at radius 2 is 1.69 bits per heavy atom. The number of esters is 1. The Morgan fingerprint density at radius 3 is 2.31 bits per heavy atom. The molecule has 0 heterocycles. The number of hydrogen-bond donors (Lipinski definition) is 0. The van der Waals surface area contributed by atoms with Gasteiger partial charge in [-0.15, -0.1) is 0 Å². The number of ketones is 1. The molecular weight excluding hydrogens is 358 g/mol. The number of nitro benzene ring substituents is 1. The third-order valence-electron chi connectivity index (χ3n) is 4.50. The van der Waals surface area contributed by atoms with Crippen molar-refractivity contribution in [3.63, 3.8) is 0 Å². The zero-order valence-corrected chi connectivity index (χ0v) is 15.6. The second-order valence-electron chi connectivity index (χ2n) is 6.04. The van der Waals surface area contributed by atoms with Gasteiger partial charge in [-0.1, -0.05) is 11.6 Å². The number of hydrogen-bond acceptors (Lipinski definition) is 5. The van der Waals surface area contributed by atoms with Gasteiger partial charge in [0.1, 0.15) is 0 Å². The third kappa shape index (κ3) is 3.91. The highest BCUT2D eigenvalue weighted by atomic mass is 35.5. The minimum absolute atomic E-state index is 0.0197. The number of nitrogens with zero attached hydrogens (tertiary/aromatic N) is 1. The molecule has 2 aromatic carbocycles. The fraction of sp³-hybridized carbons (Fsp3) is 0.263. The average molecular weight is 376 g/mol. The highest BCUT2D eigenvalue weighted by Gasteiger charge is 2.20. The smallest absolute Gasteiger partial charge is 0.340 e. The van der Waals surface area contributed by atoms with E-state index in [1.165, 1.54) is 12.1 Å². The summed E-state index contributed by atoms with van der Waals surface area (Å²) in [6, 6.07) is 5.23. The van der Waals surface area contributed by atoms with Crippen LogP contribution >= 0.6 is 11.6 Å². The van der Waals surface area contributed by atoms with Gasteiger partial charge in [-0.05, 0) is 62.1 Å². The fourth-order valence-electron chi connectivity index (χ4n) is 2.57. The van der Waals surface area contributed by atoms with Crippen molar-refractivity contribution in [2.75, 3.05) is 6.61 Å². The highest BCUT2D eigenvalue weighted by Crippen LogP contribution is 2.24. The Balaban J connectivity index is 2.19. The molecule has 0 bridgehead atoms. The van der Waals surface area contributed by atoms with Crippen molar-refractivity contribution in [3.05, 3.63) is 72.8 Å². The van der Waals surface area contributed by atoms with Crippen molar-refractivity contribution in [2.24, 2.45) is 0 Å². The van der Waals surface area contributed by atoms with Crippen LogP contribution in [0.2, 0.25) is 5.02 Å². The van der Waals surface area contributed by atoms with Gasteiger partial charge in [0, 0.05) is 17.7 Å². The van der Waals surface area contributed by atoms with E-state index in [9.17, 15) is 19.7 Å². The topological polar surface area (TPSA) is 86.5 Å². The van der Waals surface area contributed by atoms with Crippen LogP contribution in [0.15, 0.2) is 24.3 Å². The number of carbonyl (C=O) groups excluding carboxylic acids is 2. The van der Waals surface area contributed by atoms with Crippen LogP contribution < -0.4 is 0 Å². The van der Waals surface area contributed by atoms with Crippen LogP contribution in [0.25, 0.3) is 0 Å². The average Bonchev–Trinajstić information content (AvgIpc) is 2.60. The molecule has 0 radical (unpaired) electrons. The Hall–Kier alpha value is -2.73. The van der Waals surface area contributed by atoms with Gasteiger partial charge in [-0.2, -0.15) is 0 Å². The van der Waals surface area contributed by atoms with Gasteiger partial charge in [0.15, 0.2) is 6.61 Å². The normalized spacial score (nSPS) is 10.5. The van der Waals surface area contributed by atoms with Gasteiger partial charge in [-0.3, -0.25) is 14.9 Å². The standard InChI is InChI=1S/C19H18ClNO5/c1-10-7-15(13(4)12(3)11(10)2)18(22)9-26-19(23)16-8-14(21(24)25)5-6-17(16)20/h5-8H,9H2,1-4H3. The van der Waals surface area contributed by atoms with Gasteiger partial charge in [0.25, 0.3) is 5.69 Å². The molecule has 7 heteroatoms. The molecule has 0 aliphatic rings. The second-order valence-corrected chi connectivity index (χ2v) is 6.44. The summed E-state index contributed by atoms with van der Waals surface area (Å²) < 4.78 is 5.03. The lowest BCUT2D eigenvalue weighted by atomic mass is 9.93. The molecule has 26 heavy (non-hydrogen) atoms. The molecule has 0 aromatic heterocycles. The molecule has 6 nitrogen and oxygen atoms in total. The molecule has 0 fully saturated rings. The summed E-state index contributed by atoms with van der Waals surface area (Å²) in [4.78, 5) is 34.8.